The molecule has 0 radical (unpaired) electrons. The Hall–Kier alpha value is -6.23. The van der Waals surface area contributed by atoms with Gasteiger partial charge in [0.2, 0.25) is 5.91 Å². The topological polar surface area (TPSA) is 189 Å². The Morgan fingerprint density at radius 1 is 0.781 bits per heavy atom. The molecule has 4 aliphatic heterocycles. The highest BCUT2D eigenvalue weighted by molar-refractivity contribution is 6.23. The molecule has 9 rings (SSSR count). The predicted molar refractivity (Wildman–Crippen MR) is 244 cm³/mol. The quantitative estimate of drug-likeness (QED) is 0.101. The number of nitrogens with zero attached hydrogens (tertiary/aromatic N) is 9. The highest BCUT2D eigenvalue weighted by atomic mass is 16.5. The van der Waals surface area contributed by atoms with E-state index >= 15 is 0 Å². The Morgan fingerprint density at radius 3 is 2.16 bits per heavy atom. The number of carbonyl (C=O) groups is 4. The maximum atomic E-state index is 13.3. The van der Waals surface area contributed by atoms with Crippen molar-refractivity contribution in [1.29, 1.82) is 0 Å². The van der Waals surface area contributed by atoms with E-state index in [2.05, 4.69) is 34.2 Å². The zero-order chi connectivity index (χ0) is 44.2. The number of anilines is 2. The Morgan fingerprint density at radius 2 is 1.45 bits per heavy atom. The SMILES string of the molecule is NC(=O)C(CCC=O)N1C(=O)c2ccc(N3CCN(CCCN4CCC(CN5CCC(n6nc(-c7ccc(Oc8ccccc8)cc7)c7c(N)ncnc76)CC5)CC4)CC3)cc2C1=O. The number of rotatable bonds is 16. The molecule has 16 heteroatoms. The molecule has 0 bridgehead atoms. The summed E-state index contributed by atoms with van der Waals surface area (Å²) in [6, 6.07) is 22.1. The first-order valence-electron chi connectivity index (χ1n) is 22.7. The number of para-hydroxylation sites is 1. The fraction of sp³-hybridized carbons (Fsp3) is 0.438. The summed E-state index contributed by atoms with van der Waals surface area (Å²) < 4.78 is 8.11. The van der Waals surface area contributed by atoms with Crippen molar-refractivity contribution in [1.82, 2.24) is 39.3 Å². The number of primary amides is 1. The number of piperazine rings is 1. The minimum Gasteiger partial charge on any atom is -0.457 e. The van der Waals surface area contributed by atoms with Crippen LogP contribution in [0.5, 0.6) is 11.5 Å². The largest absolute Gasteiger partial charge is 0.457 e. The number of hydrogen-bond acceptors (Lipinski definition) is 13. The summed E-state index contributed by atoms with van der Waals surface area (Å²) >= 11 is 0. The van der Waals surface area contributed by atoms with Crippen molar-refractivity contribution in [2.24, 2.45) is 11.7 Å². The van der Waals surface area contributed by atoms with Crippen LogP contribution < -0.4 is 21.1 Å². The molecule has 0 saturated carbocycles. The minimum absolute atomic E-state index is 0.0186. The van der Waals surface area contributed by atoms with Crippen LogP contribution >= 0.6 is 0 Å². The lowest BCUT2D eigenvalue weighted by Gasteiger charge is -2.38. The molecule has 0 aliphatic carbocycles. The third kappa shape index (κ3) is 9.21. The summed E-state index contributed by atoms with van der Waals surface area (Å²) in [5.74, 6) is 0.814. The van der Waals surface area contributed by atoms with Gasteiger partial charge < -0.3 is 35.7 Å². The molecule has 3 amide bonds. The van der Waals surface area contributed by atoms with Gasteiger partial charge in [0.1, 0.15) is 41.7 Å². The van der Waals surface area contributed by atoms with E-state index in [-0.39, 0.29) is 30.0 Å². The molecule has 4 N–H and O–H groups in total. The first-order chi connectivity index (χ1) is 31.2. The lowest BCUT2D eigenvalue weighted by atomic mass is 9.94. The van der Waals surface area contributed by atoms with E-state index in [0.29, 0.717) is 18.0 Å². The fourth-order valence-electron chi connectivity index (χ4n) is 9.96. The molecular weight excluding hydrogens is 811 g/mol. The molecule has 16 nitrogen and oxygen atoms in total. The van der Waals surface area contributed by atoms with Crippen molar-refractivity contribution >= 4 is 46.5 Å². The van der Waals surface area contributed by atoms with E-state index in [1.54, 1.807) is 12.1 Å². The molecule has 0 spiro atoms. The summed E-state index contributed by atoms with van der Waals surface area (Å²) in [6.45, 7) is 11.1. The fourth-order valence-corrected chi connectivity index (χ4v) is 9.96. The third-order valence-electron chi connectivity index (χ3n) is 13.5. The van der Waals surface area contributed by atoms with Gasteiger partial charge >= 0.3 is 0 Å². The molecule has 1 atom stereocenters. The normalized spacial score (nSPS) is 18.8. The van der Waals surface area contributed by atoms with Gasteiger partial charge in [0.05, 0.1) is 22.6 Å². The number of nitrogens with two attached hydrogens (primary N) is 2. The number of amides is 3. The molecule has 64 heavy (non-hydrogen) atoms. The van der Waals surface area contributed by atoms with Gasteiger partial charge in [0.15, 0.2) is 5.65 Å². The molecule has 1 unspecified atom stereocenters. The first-order valence-corrected chi connectivity index (χ1v) is 22.7. The number of hydrogen-bond donors (Lipinski definition) is 2. The maximum Gasteiger partial charge on any atom is 0.262 e. The van der Waals surface area contributed by atoms with Crippen molar-refractivity contribution in [3.05, 3.63) is 90.3 Å². The zero-order valence-corrected chi connectivity index (χ0v) is 36.3. The summed E-state index contributed by atoms with van der Waals surface area (Å²) in [7, 11) is 0. The van der Waals surface area contributed by atoms with Gasteiger partial charge in [-0.1, -0.05) is 18.2 Å². The van der Waals surface area contributed by atoms with Gasteiger partial charge in [-0.25, -0.2) is 14.6 Å². The van der Waals surface area contributed by atoms with Gasteiger partial charge in [-0.05, 0) is 125 Å². The summed E-state index contributed by atoms with van der Waals surface area (Å²) in [4.78, 5) is 69.4. The van der Waals surface area contributed by atoms with Crippen LogP contribution in [0.15, 0.2) is 79.1 Å². The molecule has 334 valence electrons. The molecule has 4 aliphatic rings. The van der Waals surface area contributed by atoms with E-state index in [9.17, 15) is 19.2 Å². The number of carbonyl (C=O) groups excluding carboxylic acids is 4. The predicted octanol–water partition coefficient (Wildman–Crippen LogP) is 4.86. The monoisotopic (exact) mass is 867 g/mol. The zero-order valence-electron chi connectivity index (χ0n) is 36.3. The lowest BCUT2D eigenvalue weighted by molar-refractivity contribution is -0.122. The van der Waals surface area contributed by atoms with Gasteiger partial charge in [-0.3, -0.25) is 24.2 Å². The second kappa shape index (κ2) is 19.3. The number of nitrogen functional groups attached to an aromatic ring is 1. The Labute approximate surface area is 373 Å². The smallest absolute Gasteiger partial charge is 0.262 e. The Kier molecular flexibility index (Phi) is 12.9. The molecule has 2 aromatic heterocycles. The van der Waals surface area contributed by atoms with Crippen molar-refractivity contribution in [2.75, 3.05) is 82.6 Å². The van der Waals surface area contributed by atoms with Gasteiger partial charge in [0, 0.05) is 63.5 Å². The highest BCUT2D eigenvalue weighted by Gasteiger charge is 2.42. The van der Waals surface area contributed by atoms with Crippen LogP contribution in [-0.2, 0) is 9.59 Å². The molecule has 3 fully saturated rings. The van der Waals surface area contributed by atoms with Crippen LogP contribution in [-0.4, -0.2) is 141 Å². The van der Waals surface area contributed by atoms with E-state index in [0.717, 1.165) is 136 Å². The standard InChI is InChI=1S/C48H57N11O5/c49-44-42-43(34-9-12-38(13-10-34)64-37-6-2-1-3-7-37)53-59(46(42)52-32-51-44)35-17-23-56(24-18-35)31-33-15-21-54(22-16-33)19-5-20-55-25-27-57(28-26-55)36-11-14-39-40(30-36)48(63)58(47(39)62)41(45(50)61)8-4-29-60/h1-3,6-7,9-14,29-30,32-33,35,41H,4-5,8,15-28,31H2,(H2,50,61)(H2,49,51,52). The summed E-state index contributed by atoms with van der Waals surface area (Å²) in [5, 5.41) is 5.93. The number of fused-ring (bicyclic) bond motifs is 2. The third-order valence-corrected chi connectivity index (χ3v) is 13.5. The molecule has 3 aromatic carbocycles. The van der Waals surface area contributed by atoms with Gasteiger partial charge in [-0.2, -0.15) is 5.10 Å². The second-order valence-corrected chi connectivity index (χ2v) is 17.6. The number of likely N-dealkylation sites (tertiary alicyclic amines) is 2. The average Bonchev–Trinajstić information content (AvgIpc) is 3.83. The second-order valence-electron chi connectivity index (χ2n) is 17.6. The van der Waals surface area contributed by atoms with Crippen LogP contribution in [0.25, 0.3) is 22.3 Å². The van der Waals surface area contributed by atoms with E-state index in [1.807, 2.05) is 60.7 Å². The average molecular weight is 868 g/mol. The number of piperidine rings is 2. The number of ether oxygens (including phenoxy) is 1. The van der Waals surface area contributed by atoms with E-state index in [1.165, 1.54) is 19.2 Å². The number of aldehydes is 1. The maximum absolute atomic E-state index is 13.3. The highest BCUT2D eigenvalue weighted by Crippen LogP contribution is 2.36. The van der Waals surface area contributed by atoms with Gasteiger partial charge in [-0.15, -0.1) is 0 Å². The van der Waals surface area contributed by atoms with Crippen LogP contribution in [0, 0.1) is 5.92 Å². The number of imide groups is 1. The summed E-state index contributed by atoms with van der Waals surface area (Å²) in [6.07, 6.45) is 7.84. The van der Waals surface area contributed by atoms with Crippen molar-refractivity contribution in [2.45, 2.75) is 57.0 Å². The molecular formula is C48H57N11O5. The number of aromatic nitrogens is 4. The Balaban J connectivity index is 0.699. The van der Waals surface area contributed by atoms with E-state index in [4.69, 9.17) is 21.3 Å². The Bertz CT molecular complexity index is 2460. The molecule has 3 saturated heterocycles. The van der Waals surface area contributed by atoms with Gasteiger partial charge in [0.25, 0.3) is 11.8 Å². The van der Waals surface area contributed by atoms with Crippen LogP contribution in [0.3, 0.4) is 0 Å². The minimum atomic E-state index is -1.15. The van der Waals surface area contributed by atoms with Crippen LogP contribution in [0.2, 0.25) is 0 Å². The number of benzene rings is 3. The van der Waals surface area contributed by atoms with Crippen molar-refractivity contribution in [3.63, 3.8) is 0 Å². The van der Waals surface area contributed by atoms with Crippen molar-refractivity contribution in [3.8, 4) is 22.8 Å². The first kappa shape index (κ1) is 43.0. The van der Waals surface area contributed by atoms with Crippen LogP contribution in [0.4, 0.5) is 11.5 Å². The van der Waals surface area contributed by atoms with Crippen LogP contribution in [0.1, 0.15) is 71.7 Å². The molecule has 6 heterocycles. The van der Waals surface area contributed by atoms with Crippen molar-refractivity contribution < 1.29 is 23.9 Å². The summed E-state index contributed by atoms with van der Waals surface area (Å²) in [5.41, 5.74) is 15.9. The molecule has 5 aromatic rings. The van der Waals surface area contributed by atoms with E-state index < -0.39 is 23.8 Å². The lowest BCUT2D eigenvalue weighted by Crippen LogP contribution is -2.47.